The van der Waals surface area contributed by atoms with Crippen LogP contribution < -0.4 is 11.1 Å². The molecule has 2 heterocycles. The number of hydrogen-bond acceptors (Lipinski definition) is 4. The lowest BCUT2D eigenvalue weighted by Crippen LogP contribution is -2.49. The van der Waals surface area contributed by atoms with Crippen LogP contribution in [0.15, 0.2) is 18.2 Å². The molecule has 5 nitrogen and oxygen atoms in total. The first-order valence-corrected chi connectivity index (χ1v) is 9.23. The second-order valence-electron chi connectivity index (χ2n) is 6.91. The highest BCUT2D eigenvalue weighted by molar-refractivity contribution is 5.80. The van der Waals surface area contributed by atoms with Gasteiger partial charge in [0.1, 0.15) is 6.04 Å². The fourth-order valence-corrected chi connectivity index (χ4v) is 3.73. The van der Waals surface area contributed by atoms with Crippen LogP contribution in [0.4, 0.5) is 0 Å². The number of nitrogens with one attached hydrogen (secondary N) is 1. The van der Waals surface area contributed by atoms with Crippen LogP contribution >= 0.6 is 0 Å². The smallest absolute Gasteiger partial charge is 0.237 e. The zero-order chi connectivity index (χ0) is 16.9. The van der Waals surface area contributed by atoms with Crippen molar-refractivity contribution in [2.24, 2.45) is 5.73 Å². The number of fused-ring (bicyclic) bond motifs is 2. The van der Waals surface area contributed by atoms with Crippen molar-refractivity contribution < 1.29 is 9.63 Å². The van der Waals surface area contributed by atoms with E-state index in [1.54, 1.807) is 5.06 Å². The minimum atomic E-state index is -0.368. The van der Waals surface area contributed by atoms with Crippen LogP contribution in [0.25, 0.3) is 0 Å². The number of rotatable bonds is 6. The molecule has 3 bridgehead atoms. The second-order valence-corrected chi connectivity index (χ2v) is 6.91. The number of benzene rings is 1. The number of unbranched alkanes of at least 4 members (excludes halogenated alkanes) is 3. The van der Waals surface area contributed by atoms with Crippen LogP contribution in [0.5, 0.6) is 0 Å². The lowest BCUT2D eigenvalue weighted by atomic mass is 9.90. The number of hydroxylamine groups is 2. The van der Waals surface area contributed by atoms with Crippen molar-refractivity contribution >= 4 is 5.91 Å². The van der Waals surface area contributed by atoms with Crippen molar-refractivity contribution in [3.8, 4) is 0 Å². The number of nitrogens with two attached hydrogens (primary N) is 1. The highest BCUT2D eigenvalue weighted by Crippen LogP contribution is 2.29. The summed E-state index contributed by atoms with van der Waals surface area (Å²) in [5, 5.41) is 5.38. The Hall–Kier alpha value is -1.43. The Bertz CT molecular complexity index is 576. The normalized spacial score (nSPS) is 26.3. The Morgan fingerprint density at radius 3 is 3.00 bits per heavy atom. The summed E-state index contributed by atoms with van der Waals surface area (Å²) in [5.74, 6) is -0.316. The van der Waals surface area contributed by atoms with E-state index in [-0.39, 0.29) is 11.9 Å². The number of carbonyl (C=O) groups excluding carboxylic acids is 1. The SMILES string of the molecule is CCCCCCC1NCCON2Cc3cc1ccc3CC2C(N)=O. The molecule has 0 saturated heterocycles. The average molecular weight is 331 g/mol. The van der Waals surface area contributed by atoms with E-state index in [1.807, 2.05) is 0 Å². The van der Waals surface area contributed by atoms with Gasteiger partial charge < -0.3 is 11.1 Å². The van der Waals surface area contributed by atoms with Gasteiger partial charge in [0, 0.05) is 12.6 Å². The van der Waals surface area contributed by atoms with Gasteiger partial charge in [0.15, 0.2) is 0 Å². The van der Waals surface area contributed by atoms with Gasteiger partial charge >= 0.3 is 0 Å². The van der Waals surface area contributed by atoms with Crippen molar-refractivity contribution in [3.05, 3.63) is 34.9 Å². The number of nitrogens with zero attached hydrogens (tertiary/aromatic N) is 1. The predicted molar refractivity (Wildman–Crippen MR) is 94.1 cm³/mol. The monoisotopic (exact) mass is 331 g/mol. The van der Waals surface area contributed by atoms with Gasteiger partial charge in [-0.15, -0.1) is 0 Å². The molecule has 3 unspecified atom stereocenters. The maximum Gasteiger partial charge on any atom is 0.237 e. The third-order valence-electron chi connectivity index (χ3n) is 5.14. The molecule has 132 valence electrons. The first-order chi connectivity index (χ1) is 11.7. The summed E-state index contributed by atoms with van der Waals surface area (Å²) in [6.45, 7) is 4.22. The van der Waals surface area contributed by atoms with Gasteiger partial charge in [-0.25, -0.2) is 0 Å². The van der Waals surface area contributed by atoms with Gasteiger partial charge in [-0.3, -0.25) is 9.63 Å². The molecule has 3 N–H and O–H groups in total. The highest BCUT2D eigenvalue weighted by Gasteiger charge is 2.32. The third-order valence-corrected chi connectivity index (χ3v) is 5.14. The molecule has 2 aliphatic rings. The number of amides is 1. The molecule has 24 heavy (non-hydrogen) atoms. The number of primary amides is 1. The zero-order valence-corrected chi connectivity index (χ0v) is 14.6. The molecule has 5 heteroatoms. The summed E-state index contributed by atoms with van der Waals surface area (Å²) in [5.41, 5.74) is 9.38. The summed E-state index contributed by atoms with van der Waals surface area (Å²) in [6, 6.07) is 6.68. The summed E-state index contributed by atoms with van der Waals surface area (Å²) >= 11 is 0. The number of carbonyl (C=O) groups is 1. The molecule has 0 fully saturated rings. The van der Waals surface area contributed by atoms with E-state index in [2.05, 4.69) is 30.4 Å². The molecule has 3 rings (SSSR count). The summed E-state index contributed by atoms with van der Waals surface area (Å²) < 4.78 is 0. The first-order valence-electron chi connectivity index (χ1n) is 9.23. The molecule has 0 spiro atoms. The lowest BCUT2D eigenvalue weighted by molar-refractivity contribution is -0.198. The van der Waals surface area contributed by atoms with Gasteiger partial charge in [0.05, 0.1) is 13.2 Å². The predicted octanol–water partition coefficient (Wildman–Crippen LogP) is 2.44. The van der Waals surface area contributed by atoms with E-state index in [9.17, 15) is 4.79 Å². The third kappa shape index (κ3) is 3.97. The highest BCUT2D eigenvalue weighted by atomic mass is 16.7. The molecule has 3 atom stereocenters. The Morgan fingerprint density at radius 1 is 1.33 bits per heavy atom. The molecule has 1 aromatic rings. The van der Waals surface area contributed by atoms with Crippen LogP contribution in [0.1, 0.15) is 61.8 Å². The summed E-state index contributed by atoms with van der Waals surface area (Å²) in [7, 11) is 0. The molecule has 0 aromatic heterocycles. The fourth-order valence-electron chi connectivity index (χ4n) is 3.73. The van der Waals surface area contributed by atoms with Gasteiger partial charge in [-0.2, -0.15) is 5.06 Å². The molecular weight excluding hydrogens is 302 g/mol. The van der Waals surface area contributed by atoms with E-state index >= 15 is 0 Å². The topological polar surface area (TPSA) is 67.6 Å². The Labute approximate surface area is 144 Å². The maximum absolute atomic E-state index is 11.7. The van der Waals surface area contributed by atoms with Crippen molar-refractivity contribution in [2.75, 3.05) is 13.2 Å². The van der Waals surface area contributed by atoms with Crippen LogP contribution in [0.2, 0.25) is 0 Å². The van der Waals surface area contributed by atoms with E-state index in [0.29, 0.717) is 25.6 Å². The molecule has 1 aromatic carbocycles. The minimum Gasteiger partial charge on any atom is -0.368 e. The molecule has 2 aliphatic heterocycles. The largest absolute Gasteiger partial charge is 0.368 e. The van der Waals surface area contributed by atoms with E-state index in [1.165, 1.54) is 42.4 Å². The number of hydrogen-bond donors (Lipinski definition) is 2. The standard InChI is InChI=1S/C19H29N3O2/c1-2-3-4-5-6-17-15-8-7-14-12-18(19(20)23)22(13-16(14)11-15)24-10-9-21-17/h7-8,11,17-18,21H,2-6,9-10,12-13H2,1H3,(H2,20,23). The summed E-state index contributed by atoms with van der Waals surface area (Å²) in [4.78, 5) is 17.6. The summed E-state index contributed by atoms with van der Waals surface area (Å²) in [6.07, 6.45) is 6.92. The van der Waals surface area contributed by atoms with Crippen LogP contribution in [0, 0.1) is 0 Å². The Kier molecular flexibility index (Phi) is 5.87. The second kappa shape index (κ2) is 8.10. The van der Waals surface area contributed by atoms with Gasteiger partial charge in [0.25, 0.3) is 0 Å². The molecule has 1 amide bonds. The van der Waals surface area contributed by atoms with Crippen LogP contribution in [-0.2, 0) is 22.6 Å². The zero-order valence-electron chi connectivity index (χ0n) is 14.6. The quantitative estimate of drug-likeness (QED) is 0.786. The fraction of sp³-hybridized carbons (Fsp3) is 0.632. The lowest BCUT2D eigenvalue weighted by Gasteiger charge is -2.35. The van der Waals surface area contributed by atoms with Gasteiger partial charge in [-0.05, 0) is 29.5 Å². The molecular formula is C19H29N3O2. The Balaban J connectivity index is 1.79. The average Bonchev–Trinajstić information content (AvgIpc) is 2.58. The molecule has 0 saturated carbocycles. The van der Waals surface area contributed by atoms with E-state index in [4.69, 9.17) is 10.6 Å². The van der Waals surface area contributed by atoms with Gasteiger partial charge in [-0.1, -0.05) is 50.8 Å². The van der Waals surface area contributed by atoms with Crippen molar-refractivity contribution in [1.82, 2.24) is 10.4 Å². The van der Waals surface area contributed by atoms with Crippen molar-refractivity contribution in [3.63, 3.8) is 0 Å². The van der Waals surface area contributed by atoms with Crippen LogP contribution in [-0.4, -0.2) is 30.2 Å². The molecule has 0 aliphatic carbocycles. The van der Waals surface area contributed by atoms with E-state index in [0.717, 1.165) is 13.0 Å². The van der Waals surface area contributed by atoms with Crippen LogP contribution in [0.3, 0.4) is 0 Å². The van der Waals surface area contributed by atoms with Crippen molar-refractivity contribution in [1.29, 1.82) is 0 Å². The van der Waals surface area contributed by atoms with E-state index < -0.39 is 0 Å². The van der Waals surface area contributed by atoms with Gasteiger partial charge in [0.2, 0.25) is 5.91 Å². The first kappa shape index (κ1) is 17.4. The maximum atomic E-state index is 11.7. The van der Waals surface area contributed by atoms with Crippen molar-refractivity contribution in [2.45, 2.75) is 64.1 Å². The molecule has 0 radical (unpaired) electrons. The minimum absolute atomic E-state index is 0.316. The Morgan fingerprint density at radius 2 is 2.21 bits per heavy atom.